The smallest absolute Gasteiger partial charge is 0.342 e. The zero-order valence-electron chi connectivity index (χ0n) is 14.8. The van der Waals surface area contributed by atoms with E-state index in [2.05, 4.69) is 20.7 Å². The van der Waals surface area contributed by atoms with Gasteiger partial charge in [0.05, 0.1) is 30.7 Å². The van der Waals surface area contributed by atoms with E-state index >= 15 is 0 Å². The average molecular weight is 448 g/mol. The predicted octanol–water partition coefficient (Wildman–Crippen LogP) is 1.41. The van der Waals surface area contributed by atoms with E-state index in [0.29, 0.717) is 5.56 Å². The van der Waals surface area contributed by atoms with Crippen LogP contribution in [0.25, 0.3) is 0 Å². The summed E-state index contributed by atoms with van der Waals surface area (Å²) in [5.41, 5.74) is 1.32. The molecule has 0 aliphatic heterocycles. The molecule has 0 fully saturated rings. The molecule has 1 amide bonds. The number of benzene rings is 1. The minimum Gasteiger partial charge on any atom is -0.494 e. The number of nitrogens with one attached hydrogen (secondary N) is 3. The predicted molar refractivity (Wildman–Crippen MR) is 106 cm³/mol. The molecule has 13 heteroatoms. The lowest BCUT2D eigenvalue weighted by Gasteiger charge is -2.12. The van der Waals surface area contributed by atoms with Crippen LogP contribution in [-0.2, 0) is 4.79 Å². The van der Waals surface area contributed by atoms with Crippen LogP contribution in [0.3, 0.4) is 0 Å². The van der Waals surface area contributed by atoms with Gasteiger partial charge in [-0.3, -0.25) is 14.6 Å². The number of halogens is 2. The van der Waals surface area contributed by atoms with Gasteiger partial charge in [-0.1, -0.05) is 35.0 Å². The van der Waals surface area contributed by atoms with Gasteiger partial charge < -0.3 is 9.47 Å². The summed E-state index contributed by atoms with van der Waals surface area (Å²) in [5.74, 6) is 0.0238. The Labute approximate surface area is 172 Å². The normalized spacial score (nSPS) is 12.0. The number of hydrogen-bond acceptors (Lipinski definition) is 8. The summed E-state index contributed by atoms with van der Waals surface area (Å²) in [5, 5.41) is 9.16. The third-order valence-corrected chi connectivity index (χ3v) is 4.98. The van der Waals surface area contributed by atoms with Crippen molar-refractivity contribution >= 4 is 47.1 Å². The average Bonchev–Trinajstić information content (AvgIpc) is 2.64. The first-order valence-corrected chi connectivity index (χ1v) is 9.20. The van der Waals surface area contributed by atoms with Gasteiger partial charge in [0, 0.05) is 5.56 Å². The van der Waals surface area contributed by atoms with Gasteiger partial charge in [0.25, 0.3) is 11.5 Å². The van der Waals surface area contributed by atoms with Crippen LogP contribution >= 0.6 is 35.0 Å². The Hall–Kier alpha value is -2.50. The Balaban J connectivity index is 2.10. The van der Waals surface area contributed by atoms with E-state index in [1.54, 1.807) is 6.92 Å². The zero-order chi connectivity index (χ0) is 20.8. The van der Waals surface area contributed by atoms with Crippen molar-refractivity contribution in [1.29, 1.82) is 0 Å². The molecule has 0 saturated heterocycles. The number of thioether (sulfide) groups is 1. The molecule has 1 aromatic carbocycles. The number of aromatic amines is 2. The Morgan fingerprint density at radius 2 is 2.00 bits per heavy atom. The largest absolute Gasteiger partial charge is 0.494 e. The molecular formula is C15H15Cl2N5O5S. The van der Waals surface area contributed by atoms with Crippen molar-refractivity contribution in [1.82, 2.24) is 20.6 Å². The highest BCUT2D eigenvalue weighted by Crippen LogP contribution is 2.41. The van der Waals surface area contributed by atoms with Gasteiger partial charge in [-0.25, -0.2) is 15.3 Å². The van der Waals surface area contributed by atoms with Crippen LogP contribution in [0.1, 0.15) is 12.5 Å². The van der Waals surface area contributed by atoms with Gasteiger partial charge in [0.15, 0.2) is 10.8 Å². The molecule has 28 heavy (non-hydrogen) atoms. The number of hydrogen-bond donors (Lipinski definition) is 3. The Morgan fingerprint density at radius 1 is 1.32 bits per heavy atom. The van der Waals surface area contributed by atoms with Crippen molar-refractivity contribution in [2.45, 2.75) is 17.2 Å². The molecule has 1 heterocycles. The Bertz CT molecular complexity index is 1020. The highest BCUT2D eigenvalue weighted by atomic mass is 35.5. The van der Waals surface area contributed by atoms with Gasteiger partial charge in [-0.15, -0.1) is 0 Å². The lowest BCUT2D eigenvalue weighted by atomic mass is 10.2. The van der Waals surface area contributed by atoms with Gasteiger partial charge in [0.2, 0.25) is 0 Å². The maximum absolute atomic E-state index is 12.1. The minimum absolute atomic E-state index is 0.0541. The first-order chi connectivity index (χ1) is 13.3. The number of carbonyl (C=O) groups is 1. The van der Waals surface area contributed by atoms with Crippen molar-refractivity contribution in [3.05, 3.63) is 42.5 Å². The maximum Gasteiger partial charge on any atom is 0.342 e. The van der Waals surface area contributed by atoms with E-state index < -0.39 is 22.4 Å². The number of hydrazone groups is 1. The molecule has 0 aliphatic rings. The lowest BCUT2D eigenvalue weighted by Crippen LogP contribution is -2.30. The SMILES string of the molecule is COc1c(Cl)cc(/C=N/NC(=O)C(C)Sc2n[nH]c(=O)[nH]c2=O)c(OC)c1Cl. The van der Waals surface area contributed by atoms with Crippen molar-refractivity contribution in [2.24, 2.45) is 5.10 Å². The molecule has 1 unspecified atom stereocenters. The van der Waals surface area contributed by atoms with Crippen LogP contribution in [0.4, 0.5) is 0 Å². The van der Waals surface area contributed by atoms with Gasteiger partial charge >= 0.3 is 5.69 Å². The standard InChI is InChI=1S/C15H15Cl2N5O5S/c1-6(28-14-13(24)19-15(25)22-21-14)12(23)20-18-5-7-4-8(16)11(27-3)9(17)10(7)26-2/h4-6H,1-3H3,(H,20,23)(H2,19,22,24,25)/b18-5+. The van der Waals surface area contributed by atoms with Gasteiger partial charge in [-0.2, -0.15) is 10.2 Å². The third kappa shape index (κ3) is 5.06. The maximum atomic E-state index is 12.1. The summed E-state index contributed by atoms with van der Waals surface area (Å²) in [6.45, 7) is 1.55. The van der Waals surface area contributed by atoms with E-state index in [1.807, 2.05) is 4.98 Å². The van der Waals surface area contributed by atoms with Crippen LogP contribution in [0.15, 0.2) is 25.8 Å². The second-order valence-electron chi connectivity index (χ2n) is 5.13. The van der Waals surface area contributed by atoms with Crippen LogP contribution in [-0.4, -0.2) is 46.8 Å². The molecule has 1 atom stereocenters. The summed E-state index contributed by atoms with van der Waals surface area (Å²) < 4.78 is 10.3. The van der Waals surface area contributed by atoms with Gasteiger partial charge in [0.1, 0.15) is 10.8 Å². The van der Waals surface area contributed by atoms with Crippen molar-refractivity contribution in [2.75, 3.05) is 14.2 Å². The van der Waals surface area contributed by atoms with E-state index in [4.69, 9.17) is 32.7 Å². The molecule has 2 aromatic rings. The van der Waals surface area contributed by atoms with Crippen LogP contribution in [0, 0.1) is 0 Å². The fraction of sp³-hybridized carbons (Fsp3) is 0.267. The number of H-pyrrole nitrogens is 2. The van der Waals surface area contributed by atoms with Gasteiger partial charge in [-0.05, 0) is 13.0 Å². The fourth-order valence-corrected chi connectivity index (χ4v) is 3.44. The first kappa shape index (κ1) is 21.8. The highest BCUT2D eigenvalue weighted by Gasteiger charge is 2.18. The first-order valence-electron chi connectivity index (χ1n) is 7.57. The molecule has 0 aliphatic carbocycles. The Kier molecular flexibility index (Phi) is 7.49. The monoisotopic (exact) mass is 447 g/mol. The van der Waals surface area contributed by atoms with Crippen LogP contribution < -0.4 is 26.1 Å². The topological polar surface area (TPSA) is 139 Å². The number of ether oxygens (including phenoxy) is 2. The zero-order valence-corrected chi connectivity index (χ0v) is 17.2. The fourth-order valence-electron chi connectivity index (χ4n) is 1.99. The summed E-state index contributed by atoms with van der Waals surface area (Å²) >= 11 is 13.1. The second kappa shape index (κ2) is 9.62. The van der Waals surface area contributed by atoms with E-state index in [1.165, 1.54) is 26.5 Å². The summed E-state index contributed by atoms with van der Waals surface area (Å²) in [6, 6.07) is 1.52. The molecule has 1 aromatic heterocycles. The molecule has 3 N–H and O–H groups in total. The summed E-state index contributed by atoms with van der Waals surface area (Å²) in [6.07, 6.45) is 1.30. The summed E-state index contributed by atoms with van der Waals surface area (Å²) in [4.78, 5) is 36.7. The molecule has 0 bridgehead atoms. The summed E-state index contributed by atoms with van der Waals surface area (Å²) in [7, 11) is 2.83. The second-order valence-corrected chi connectivity index (χ2v) is 7.25. The number of carbonyl (C=O) groups excluding carboxylic acids is 1. The number of nitrogens with zero attached hydrogens (tertiary/aromatic N) is 2. The molecule has 0 radical (unpaired) electrons. The quantitative estimate of drug-likeness (QED) is 0.331. The van der Waals surface area contributed by atoms with E-state index in [0.717, 1.165) is 11.8 Å². The molecule has 10 nitrogen and oxygen atoms in total. The Morgan fingerprint density at radius 3 is 2.61 bits per heavy atom. The number of rotatable bonds is 7. The van der Waals surface area contributed by atoms with Crippen molar-refractivity contribution in [3.8, 4) is 11.5 Å². The number of methoxy groups -OCH3 is 2. The lowest BCUT2D eigenvalue weighted by molar-refractivity contribution is -0.120. The molecule has 0 saturated carbocycles. The molecule has 2 rings (SSSR count). The van der Waals surface area contributed by atoms with Crippen molar-refractivity contribution < 1.29 is 14.3 Å². The highest BCUT2D eigenvalue weighted by molar-refractivity contribution is 8.00. The molecule has 0 spiro atoms. The number of amides is 1. The molecular weight excluding hydrogens is 433 g/mol. The van der Waals surface area contributed by atoms with Crippen LogP contribution in [0.5, 0.6) is 11.5 Å². The third-order valence-electron chi connectivity index (χ3n) is 3.28. The number of aromatic nitrogens is 3. The van der Waals surface area contributed by atoms with E-state index in [9.17, 15) is 14.4 Å². The minimum atomic E-state index is -0.734. The van der Waals surface area contributed by atoms with E-state index in [-0.39, 0.29) is 26.6 Å². The van der Waals surface area contributed by atoms with Crippen molar-refractivity contribution in [3.63, 3.8) is 0 Å². The van der Waals surface area contributed by atoms with Crippen LogP contribution in [0.2, 0.25) is 10.0 Å². The molecule has 150 valence electrons.